The van der Waals surface area contributed by atoms with E-state index < -0.39 is 12.0 Å². The topological polar surface area (TPSA) is 92.6 Å². The Labute approximate surface area is 184 Å². The number of carbonyl (C=O) groups is 2. The fraction of sp³-hybridized carbons (Fsp3) is 0.217. The molecule has 1 aliphatic heterocycles. The predicted octanol–water partition coefficient (Wildman–Crippen LogP) is 4.16. The molecule has 0 radical (unpaired) electrons. The zero-order valence-corrected chi connectivity index (χ0v) is 17.5. The summed E-state index contributed by atoms with van der Waals surface area (Å²) in [7, 11) is 1.54. The molecule has 1 fully saturated rings. The highest BCUT2D eigenvalue weighted by molar-refractivity contribution is 6.33. The summed E-state index contributed by atoms with van der Waals surface area (Å²) in [6.07, 6.45) is 4.11. The first-order valence-electron chi connectivity index (χ1n) is 9.78. The second-order valence-electron chi connectivity index (χ2n) is 7.17. The van der Waals surface area contributed by atoms with Gasteiger partial charge in [0.15, 0.2) is 5.75 Å². The number of amides is 1. The Hall–Kier alpha value is -3.45. The Morgan fingerprint density at radius 3 is 2.71 bits per heavy atom. The Bertz CT molecular complexity index is 1150. The molecule has 0 saturated carbocycles. The monoisotopic (exact) mass is 437 g/mol. The molecule has 2 aromatic carbocycles. The number of rotatable bonds is 5. The van der Waals surface area contributed by atoms with Crippen LogP contribution < -0.4 is 4.74 Å². The van der Waals surface area contributed by atoms with E-state index in [1.807, 2.05) is 18.2 Å². The van der Waals surface area contributed by atoms with Crippen molar-refractivity contribution in [1.29, 1.82) is 0 Å². The lowest BCUT2D eigenvalue weighted by atomic mass is 9.94. The van der Waals surface area contributed by atoms with Crippen LogP contribution in [0.2, 0.25) is 5.02 Å². The lowest BCUT2D eigenvalue weighted by Crippen LogP contribution is -2.40. The Kier molecular flexibility index (Phi) is 5.86. The molecule has 0 spiro atoms. The summed E-state index contributed by atoms with van der Waals surface area (Å²) < 4.78 is 5.42. The predicted molar refractivity (Wildman–Crippen MR) is 116 cm³/mol. The molecule has 7 nitrogen and oxygen atoms in total. The van der Waals surface area contributed by atoms with Gasteiger partial charge in [-0.15, -0.1) is 0 Å². The van der Waals surface area contributed by atoms with Crippen LogP contribution >= 0.6 is 11.6 Å². The quantitative estimate of drug-likeness (QED) is 0.644. The summed E-state index contributed by atoms with van der Waals surface area (Å²) in [5, 5.41) is 9.98. The summed E-state index contributed by atoms with van der Waals surface area (Å²) in [6, 6.07) is 11.7. The maximum atomic E-state index is 13.2. The molecule has 1 aliphatic rings. The molecular formula is C23H20ClN3O4. The van der Waals surface area contributed by atoms with Crippen LogP contribution in [-0.2, 0) is 4.79 Å². The van der Waals surface area contributed by atoms with Gasteiger partial charge in [0.05, 0.1) is 13.3 Å². The number of benzene rings is 2. The highest BCUT2D eigenvalue weighted by atomic mass is 35.5. The van der Waals surface area contributed by atoms with Crippen LogP contribution in [0.4, 0.5) is 0 Å². The van der Waals surface area contributed by atoms with Gasteiger partial charge in [0.1, 0.15) is 18.1 Å². The van der Waals surface area contributed by atoms with E-state index in [1.54, 1.807) is 30.5 Å². The molecule has 1 N–H and O–H groups in total. The van der Waals surface area contributed by atoms with Crippen LogP contribution in [0, 0.1) is 0 Å². The number of halogens is 1. The van der Waals surface area contributed by atoms with Crippen LogP contribution in [0.1, 0.15) is 23.2 Å². The Morgan fingerprint density at radius 1 is 1.16 bits per heavy atom. The highest BCUT2D eigenvalue weighted by Gasteiger charge is 2.34. The van der Waals surface area contributed by atoms with Crippen LogP contribution in [0.15, 0.2) is 55.0 Å². The van der Waals surface area contributed by atoms with Crippen molar-refractivity contribution in [3.05, 3.63) is 65.6 Å². The number of carboxylic acid groups (broad SMARTS) is 1. The number of aliphatic carboxylic acids is 1. The van der Waals surface area contributed by atoms with E-state index >= 15 is 0 Å². The van der Waals surface area contributed by atoms with Gasteiger partial charge in [0, 0.05) is 28.3 Å². The molecular weight excluding hydrogens is 418 g/mol. The third-order valence-electron chi connectivity index (χ3n) is 5.38. The molecule has 8 heteroatoms. The normalized spacial score (nSPS) is 15.7. The molecule has 3 aromatic rings. The van der Waals surface area contributed by atoms with Crippen molar-refractivity contribution >= 4 is 23.5 Å². The van der Waals surface area contributed by atoms with Crippen LogP contribution in [-0.4, -0.2) is 51.5 Å². The van der Waals surface area contributed by atoms with E-state index in [0.29, 0.717) is 47.0 Å². The molecule has 0 aliphatic carbocycles. The molecule has 1 unspecified atom stereocenters. The first kappa shape index (κ1) is 20.8. The van der Waals surface area contributed by atoms with E-state index in [9.17, 15) is 14.7 Å². The van der Waals surface area contributed by atoms with E-state index in [4.69, 9.17) is 16.3 Å². The van der Waals surface area contributed by atoms with Crippen molar-refractivity contribution in [2.75, 3.05) is 13.7 Å². The molecule has 4 rings (SSSR count). The summed E-state index contributed by atoms with van der Waals surface area (Å²) in [5.74, 6) is -0.820. The van der Waals surface area contributed by atoms with E-state index in [-0.39, 0.29) is 5.91 Å². The Morgan fingerprint density at radius 2 is 1.97 bits per heavy atom. The van der Waals surface area contributed by atoms with Crippen molar-refractivity contribution < 1.29 is 19.4 Å². The number of carbonyl (C=O) groups excluding carboxylic acids is 1. The standard InChI is InChI=1S/C23H20ClN3O4/c1-31-20-12-25-13-26-21(20)16-9-8-14(11-17(16)15-5-2-3-6-18(15)24)22(28)27-10-4-7-19(27)23(29)30/h2-3,5-6,8-9,11-13,19H,4,7,10H2,1H3,(H,29,30). The number of hydrogen-bond donors (Lipinski definition) is 1. The average molecular weight is 438 g/mol. The lowest BCUT2D eigenvalue weighted by molar-refractivity contribution is -0.141. The Balaban J connectivity index is 1.86. The number of aromatic nitrogens is 2. The van der Waals surface area contributed by atoms with Crippen LogP contribution in [0.3, 0.4) is 0 Å². The molecule has 1 atom stereocenters. The third-order valence-corrected chi connectivity index (χ3v) is 5.71. The van der Waals surface area contributed by atoms with Gasteiger partial charge in [-0.05, 0) is 36.6 Å². The maximum absolute atomic E-state index is 13.2. The van der Waals surface area contributed by atoms with Gasteiger partial charge in [0.2, 0.25) is 0 Å². The van der Waals surface area contributed by atoms with Gasteiger partial charge >= 0.3 is 5.97 Å². The minimum Gasteiger partial charge on any atom is -0.493 e. The van der Waals surface area contributed by atoms with Gasteiger partial charge in [-0.1, -0.05) is 35.9 Å². The first-order chi connectivity index (χ1) is 15.0. The van der Waals surface area contributed by atoms with E-state index in [2.05, 4.69) is 9.97 Å². The maximum Gasteiger partial charge on any atom is 0.326 e. The van der Waals surface area contributed by atoms with Gasteiger partial charge in [0.25, 0.3) is 5.91 Å². The molecule has 1 aromatic heterocycles. The fourth-order valence-corrected chi connectivity index (χ4v) is 4.12. The third kappa shape index (κ3) is 3.96. The largest absolute Gasteiger partial charge is 0.493 e. The SMILES string of the molecule is COc1cncnc1-c1ccc(C(=O)N2CCCC2C(=O)O)cc1-c1ccccc1Cl. The molecule has 31 heavy (non-hydrogen) atoms. The number of likely N-dealkylation sites (tertiary alicyclic amines) is 1. The van der Waals surface area contributed by atoms with Gasteiger partial charge < -0.3 is 14.7 Å². The summed E-state index contributed by atoms with van der Waals surface area (Å²) in [4.78, 5) is 34.5. The van der Waals surface area contributed by atoms with Crippen molar-refractivity contribution in [1.82, 2.24) is 14.9 Å². The molecule has 1 amide bonds. The van der Waals surface area contributed by atoms with Crippen molar-refractivity contribution in [3.8, 4) is 28.1 Å². The van der Waals surface area contributed by atoms with Crippen molar-refractivity contribution in [2.24, 2.45) is 0 Å². The lowest BCUT2D eigenvalue weighted by Gasteiger charge is -2.22. The molecule has 0 bridgehead atoms. The van der Waals surface area contributed by atoms with Gasteiger partial charge in [-0.25, -0.2) is 14.8 Å². The smallest absolute Gasteiger partial charge is 0.326 e. The fourth-order valence-electron chi connectivity index (χ4n) is 3.89. The van der Waals surface area contributed by atoms with Gasteiger partial charge in [-0.2, -0.15) is 0 Å². The summed E-state index contributed by atoms with van der Waals surface area (Å²) in [5.41, 5.74) is 3.10. The van der Waals surface area contributed by atoms with Crippen LogP contribution in [0.25, 0.3) is 22.4 Å². The molecule has 2 heterocycles. The second kappa shape index (κ2) is 8.73. The first-order valence-corrected chi connectivity index (χ1v) is 10.2. The number of ether oxygens (including phenoxy) is 1. The summed E-state index contributed by atoms with van der Waals surface area (Å²) >= 11 is 6.48. The number of carboxylic acids is 1. The average Bonchev–Trinajstić information content (AvgIpc) is 3.29. The van der Waals surface area contributed by atoms with Crippen LogP contribution in [0.5, 0.6) is 5.75 Å². The summed E-state index contributed by atoms with van der Waals surface area (Å²) in [6.45, 7) is 0.415. The highest BCUT2D eigenvalue weighted by Crippen LogP contribution is 2.39. The van der Waals surface area contributed by atoms with Gasteiger partial charge in [-0.3, -0.25) is 4.79 Å². The minimum atomic E-state index is -0.987. The second-order valence-corrected chi connectivity index (χ2v) is 7.58. The number of nitrogens with zero attached hydrogens (tertiary/aromatic N) is 3. The molecule has 1 saturated heterocycles. The number of methoxy groups -OCH3 is 1. The molecule has 158 valence electrons. The van der Waals surface area contributed by atoms with E-state index in [0.717, 1.165) is 11.1 Å². The minimum absolute atomic E-state index is 0.320. The van der Waals surface area contributed by atoms with Crippen molar-refractivity contribution in [2.45, 2.75) is 18.9 Å². The number of hydrogen-bond acceptors (Lipinski definition) is 5. The van der Waals surface area contributed by atoms with Crippen molar-refractivity contribution in [3.63, 3.8) is 0 Å². The van der Waals surface area contributed by atoms with E-state index in [1.165, 1.54) is 18.3 Å². The zero-order chi connectivity index (χ0) is 22.0. The zero-order valence-electron chi connectivity index (χ0n) is 16.8.